The minimum atomic E-state index is -1.11. The van der Waals surface area contributed by atoms with Gasteiger partial charge in [0.05, 0.1) is 24.0 Å². The van der Waals surface area contributed by atoms with E-state index in [1.807, 2.05) is 30.6 Å². The predicted molar refractivity (Wildman–Crippen MR) is 91.1 cm³/mol. The topological polar surface area (TPSA) is 72.4 Å². The zero-order chi connectivity index (χ0) is 16.9. The van der Waals surface area contributed by atoms with Crippen molar-refractivity contribution in [1.82, 2.24) is 29.2 Å². The van der Waals surface area contributed by atoms with Crippen LogP contribution >= 0.6 is 0 Å². The standard InChI is InChI=1S/C17H16FN7/c18-17(5-1-6-17)11-21-16-20-10-14-12(4-8-24(14)23-16)13-2-3-15-19-7-9-25(15)22-13/h2-4,7-10H,1,5-6,11H2,(H,21,23). The third kappa shape index (κ3) is 2.41. The van der Waals surface area contributed by atoms with Crippen molar-refractivity contribution >= 4 is 17.1 Å². The molecular weight excluding hydrogens is 321 g/mol. The van der Waals surface area contributed by atoms with Crippen molar-refractivity contribution in [1.29, 1.82) is 0 Å². The molecule has 25 heavy (non-hydrogen) atoms. The van der Waals surface area contributed by atoms with Gasteiger partial charge in [-0.3, -0.25) is 0 Å². The molecule has 5 rings (SSSR count). The second-order valence-corrected chi connectivity index (χ2v) is 6.45. The number of anilines is 1. The lowest BCUT2D eigenvalue weighted by Crippen LogP contribution is -2.39. The molecule has 126 valence electrons. The third-order valence-corrected chi connectivity index (χ3v) is 4.76. The normalized spacial score (nSPS) is 16.2. The number of hydrogen-bond donors (Lipinski definition) is 1. The SMILES string of the molecule is FC1(CNc2ncc3c(-c4ccc5nccn5n4)ccn3n2)CCC1. The van der Waals surface area contributed by atoms with Crippen molar-refractivity contribution in [2.45, 2.75) is 24.9 Å². The second kappa shape index (κ2) is 5.23. The molecule has 0 bridgehead atoms. The average molecular weight is 337 g/mol. The van der Waals surface area contributed by atoms with E-state index in [0.717, 1.165) is 28.8 Å². The van der Waals surface area contributed by atoms with E-state index in [2.05, 4.69) is 25.5 Å². The molecule has 1 aliphatic carbocycles. The van der Waals surface area contributed by atoms with Crippen LogP contribution in [-0.4, -0.2) is 41.4 Å². The number of imidazole rings is 1. The summed E-state index contributed by atoms with van der Waals surface area (Å²) in [6.07, 6.45) is 9.28. The van der Waals surface area contributed by atoms with Crippen molar-refractivity contribution in [3.05, 3.63) is 43.0 Å². The van der Waals surface area contributed by atoms with Gasteiger partial charge in [0.1, 0.15) is 5.67 Å². The van der Waals surface area contributed by atoms with Crippen molar-refractivity contribution in [3.8, 4) is 11.3 Å². The summed E-state index contributed by atoms with van der Waals surface area (Å²) in [6, 6.07) is 5.79. The van der Waals surface area contributed by atoms with Crippen LogP contribution in [0.5, 0.6) is 0 Å². The first-order chi connectivity index (χ1) is 12.2. The number of halogens is 1. The Balaban J connectivity index is 1.46. The Morgan fingerprint density at radius 3 is 2.84 bits per heavy atom. The summed E-state index contributed by atoms with van der Waals surface area (Å²) in [6.45, 7) is 0.255. The van der Waals surface area contributed by atoms with Gasteiger partial charge in [0.2, 0.25) is 5.95 Å². The molecular formula is C17H16FN7. The van der Waals surface area contributed by atoms with Crippen molar-refractivity contribution in [2.24, 2.45) is 0 Å². The molecule has 0 aliphatic heterocycles. The molecule has 1 N–H and O–H groups in total. The summed E-state index contributed by atoms with van der Waals surface area (Å²) in [5, 5.41) is 12.0. The van der Waals surface area contributed by atoms with E-state index in [0.29, 0.717) is 18.8 Å². The lowest BCUT2D eigenvalue weighted by Gasteiger charge is -2.33. The first-order valence-corrected chi connectivity index (χ1v) is 8.28. The highest BCUT2D eigenvalue weighted by Crippen LogP contribution is 2.35. The van der Waals surface area contributed by atoms with Crippen molar-refractivity contribution in [3.63, 3.8) is 0 Å². The van der Waals surface area contributed by atoms with Crippen molar-refractivity contribution in [2.75, 3.05) is 11.9 Å². The molecule has 7 nitrogen and oxygen atoms in total. The Bertz CT molecular complexity index is 1060. The smallest absolute Gasteiger partial charge is 0.241 e. The molecule has 0 unspecified atom stereocenters. The molecule has 4 aromatic heterocycles. The Kier molecular flexibility index (Phi) is 3.00. The Labute approximate surface area is 142 Å². The second-order valence-electron chi connectivity index (χ2n) is 6.45. The van der Waals surface area contributed by atoms with E-state index >= 15 is 0 Å². The minimum absolute atomic E-state index is 0.255. The summed E-state index contributed by atoms with van der Waals surface area (Å²) in [5.74, 6) is 0.427. The van der Waals surface area contributed by atoms with Crippen LogP contribution in [0.15, 0.2) is 43.0 Å². The number of hydrogen-bond acceptors (Lipinski definition) is 5. The summed E-state index contributed by atoms with van der Waals surface area (Å²) < 4.78 is 17.6. The van der Waals surface area contributed by atoms with E-state index in [-0.39, 0.29) is 6.54 Å². The maximum atomic E-state index is 14.1. The van der Waals surface area contributed by atoms with Crippen molar-refractivity contribution < 1.29 is 4.39 Å². The number of rotatable bonds is 4. The van der Waals surface area contributed by atoms with Gasteiger partial charge >= 0.3 is 0 Å². The molecule has 1 aliphatic rings. The van der Waals surface area contributed by atoms with E-state index < -0.39 is 5.67 Å². The zero-order valence-electron chi connectivity index (χ0n) is 13.4. The van der Waals surface area contributed by atoms with E-state index in [4.69, 9.17) is 0 Å². The molecule has 1 fully saturated rings. The van der Waals surface area contributed by atoms with Gasteiger partial charge in [0.25, 0.3) is 0 Å². The van der Waals surface area contributed by atoms with Gasteiger partial charge in [-0.25, -0.2) is 23.4 Å². The molecule has 0 saturated heterocycles. The fourth-order valence-electron chi connectivity index (χ4n) is 3.13. The van der Waals surface area contributed by atoms with Crippen LogP contribution in [0.1, 0.15) is 19.3 Å². The number of alkyl halides is 1. The van der Waals surface area contributed by atoms with Crippen LogP contribution in [0.3, 0.4) is 0 Å². The Morgan fingerprint density at radius 1 is 1.08 bits per heavy atom. The van der Waals surface area contributed by atoms with E-state index in [1.165, 1.54) is 0 Å². The van der Waals surface area contributed by atoms with Crippen LogP contribution in [-0.2, 0) is 0 Å². The number of aromatic nitrogens is 6. The minimum Gasteiger partial charge on any atom is -0.350 e. The lowest BCUT2D eigenvalue weighted by atomic mass is 9.82. The summed E-state index contributed by atoms with van der Waals surface area (Å²) in [5.41, 5.74) is 2.28. The number of nitrogens with one attached hydrogen (secondary N) is 1. The van der Waals surface area contributed by atoms with Crippen LogP contribution in [0.4, 0.5) is 10.3 Å². The zero-order valence-corrected chi connectivity index (χ0v) is 13.4. The first kappa shape index (κ1) is 14.3. The molecule has 4 aromatic rings. The molecule has 0 atom stereocenters. The third-order valence-electron chi connectivity index (χ3n) is 4.76. The molecule has 0 spiro atoms. The average Bonchev–Trinajstić information content (AvgIpc) is 3.23. The largest absolute Gasteiger partial charge is 0.350 e. The van der Waals surface area contributed by atoms with Crippen LogP contribution < -0.4 is 5.32 Å². The van der Waals surface area contributed by atoms with Gasteiger partial charge in [-0.1, -0.05) is 0 Å². The van der Waals surface area contributed by atoms with Gasteiger partial charge in [-0.05, 0) is 37.5 Å². The monoisotopic (exact) mass is 337 g/mol. The summed E-state index contributed by atoms with van der Waals surface area (Å²) >= 11 is 0. The highest BCUT2D eigenvalue weighted by Gasteiger charge is 2.36. The van der Waals surface area contributed by atoms with Crippen LogP contribution in [0.2, 0.25) is 0 Å². The summed E-state index contributed by atoms with van der Waals surface area (Å²) in [7, 11) is 0. The molecule has 1 saturated carbocycles. The predicted octanol–water partition coefficient (Wildman–Crippen LogP) is 2.74. The van der Waals surface area contributed by atoms with E-state index in [1.54, 1.807) is 21.4 Å². The molecule has 4 heterocycles. The Hall–Kier alpha value is -3.03. The lowest BCUT2D eigenvalue weighted by molar-refractivity contribution is 0.0782. The quantitative estimate of drug-likeness (QED) is 0.620. The van der Waals surface area contributed by atoms with Gasteiger partial charge in [0.15, 0.2) is 5.65 Å². The Morgan fingerprint density at radius 2 is 2.00 bits per heavy atom. The summed E-state index contributed by atoms with van der Waals surface area (Å²) in [4.78, 5) is 8.52. The maximum Gasteiger partial charge on any atom is 0.241 e. The fourth-order valence-corrected chi connectivity index (χ4v) is 3.13. The van der Waals surface area contributed by atoms with Gasteiger partial charge in [-0.15, -0.1) is 5.10 Å². The van der Waals surface area contributed by atoms with Gasteiger partial charge < -0.3 is 5.32 Å². The van der Waals surface area contributed by atoms with Gasteiger partial charge in [-0.2, -0.15) is 5.10 Å². The van der Waals surface area contributed by atoms with Crippen LogP contribution in [0.25, 0.3) is 22.4 Å². The maximum absolute atomic E-state index is 14.1. The van der Waals surface area contributed by atoms with E-state index in [9.17, 15) is 4.39 Å². The molecule has 0 radical (unpaired) electrons. The first-order valence-electron chi connectivity index (χ1n) is 8.28. The molecule has 0 amide bonds. The van der Waals surface area contributed by atoms with Gasteiger partial charge in [0, 0.05) is 24.2 Å². The molecule has 0 aromatic carbocycles. The van der Waals surface area contributed by atoms with Crippen LogP contribution in [0, 0.1) is 0 Å². The fraction of sp³-hybridized carbons (Fsp3) is 0.294. The number of fused-ring (bicyclic) bond motifs is 2. The highest BCUT2D eigenvalue weighted by atomic mass is 19.1. The number of nitrogens with zero attached hydrogens (tertiary/aromatic N) is 6. The molecule has 8 heteroatoms. The highest BCUT2D eigenvalue weighted by molar-refractivity contribution is 5.78.